The number of carboxylic acids is 1. The summed E-state index contributed by atoms with van der Waals surface area (Å²) in [7, 11) is 0. The number of anilines is 1. The third kappa shape index (κ3) is 3.01. The molecule has 1 saturated carbocycles. The molecule has 0 spiro atoms. The summed E-state index contributed by atoms with van der Waals surface area (Å²) in [5, 5.41) is 23.0. The first kappa shape index (κ1) is 13.3. The first-order valence-electron chi connectivity index (χ1n) is 6.31. The lowest BCUT2D eigenvalue weighted by Crippen LogP contribution is -2.08. The summed E-state index contributed by atoms with van der Waals surface area (Å²) in [6.07, 6.45) is 3.23. The molecule has 0 radical (unpaired) electrons. The quantitative estimate of drug-likeness (QED) is 0.608. The van der Waals surface area contributed by atoms with Gasteiger partial charge in [-0.1, -0.05) is 13.3 Å². The second-order valence-corrected chi connectivity index (χ2v) is 4.83. The van der Waals surface area contributed by atoms with Gasteiger partial charge in [-0.3, -0.25) is 10.1 Å². The molecule has 1 fully saturated rings. The maximum absolute atomic E-state index is 11.0. The van der Waals surface area contributed by atoms with Gasteiger partial charge in [0.1, 0.15) is 5.69 Å². The van der Waals surface area contributed by atoms with Crippen LogP contribution in [0.25, 0.3) is 0 Å². The molecule has 2 N–H and O–H groups in total. The summed E-state index contributed by atoms with van der Waals surface area (Å²) in [5.41, 5.74) is 0.152. The molecule has 6 heteroatoms. The average molecular weight is 264 g/mol. The van der Waals surface area contributed by atoms with Gasteiger partial charge in [-0.25, -0.2) is 4.79 Å². The molecule has 1 aromatic carbocycles. The Morgan fingerprint density at radius 3 is 2.89 bits per heavy atom. The monoisotopic (exact) mass is 264 g/mol. The highest BCUT2D eigenvalue weighted by atomic mass is 16.6. The second kappa shape index (κ2) is 5.26. The number of nitro benzene ring substituents is 1. The van der Waals surface area contributed by atoms with Crippen molar-refractivity contribution in [1.82, 2.24) is 0 Å². The third-order valence-corrected chi connectivity index (χ3v) is 3.36. The summed E-state index contributed by atoms with van der Waals surface area (Å²) in [6.45, 7) is 2.11. The number of carboxylic acid groups (broad SMARTS) is 1. The van der Waals surface area contributed by atoms with Crippen LogP contribution in [-0.4, -0.2) is 22.0 Å². The Hall–Kier alpha value is -2.11. The predicted molar refractivity (Wildman–Crippen MR) is 70.5 cm³/mol. The Morgan fingerprint density at radius 2 is 2.32 bits per heavy atom. The molecule has 2 unspecified atom stereocenters. The molecule has 0 saturated heterocycles. The van der Waals surface area contributed by atoms with Gasteiger partial charge in [0, 0.05) is 12.1 Å². The summed E-state index contributed by atoms with van der Waals surface area (Å²) in [4.78, 5) is 21.2. The molecule has 2 rings (SSSR count). The normalized spacial score (nSPS) is 20.9. The molecule has 1 aromatic rings. The second-order valence-electron chi connectivity index (χ2n) is 4.83. The molecular formula is C13H16N2O4. The Balaban J connectivity index is 2.16. The van der Waals surface area contributed by atoms with Crippen molar-refractivity contribution in [2.45, 2.75) is 32.2 Å². The van der Waals surface area contributed by atoms with E-state index in [4.69, 9.17) is 5.11 Å². The Kier molecular flexibility index (Phi) is 3.69. The maximum Gasteiger partial charge on any atom is 0.335 e. The molecule has 102 valence electrons. The van der Waals surface area contributed by atoms with E-state index in [0.29, 0.717) is 11.6 Å². The first-order valence-corrected chi connectivity index (χ1v) is 6.31. The van der Waals surface area contributed by atoms with E-state index in [0.717, 1.165) is 25.3 Å². The highest BCUT2D eigenvalue weighted by Crippen LogP contribution is 2.39. The topological polar surface area (TPSA) is 92.5 Å². The molecule has 19 heavy (non-hydrogen) atoms. The highest BCUT2D eigenvalue weighted by Gasteiger charge is 2.37. The SMILES string of the molecule is CCCC1CC1Nc1ccc(C(=O)O)cc1[N+](=O)[O-]. The van der Waals surface area contributed by atoms with E-state index >= 15 is 0 Å². The van der Waals surface area contributed by atoms with Crippen LogP contribution in [-0.2, 0) is 0 Å². The van der Waals surface area contributed by atoms with Gasteiger partial charge in [-0.05, 0) is 30.9 Å². The molecule has 6 nitrogen and oxygen atoms in total. The van der Waals surface area contributed by atoms with Crippen LogP contribution in [0.3, 0.4) is 0 Å². The zero-order chi connectivity index (χ0) is 14.0. The fourth-order valence-corrected chi connectivity index (χ4v) is 2.25. The van der Waals surface area contributed by atoms with Crippen molar-refractivity contribution in [1.29, 1.82) is 0 Å². The summed E-state index contributed by atoms with van der Waals surface area (Å²) >= 11 is 0. The molecule has 0 aromatic heterocycles. The van der Waals surface area contributed by atoms with Crippen LogP contribution < -0.4 is 5.32 Å². The number of carbonyl (C=O) groups is 1. The van der Waals surface area contributed by atoms with E-state index in [1.54, 1.807) is 0 Å². The van der Waals surface area contributed by atoms with Gasteiger partial charge in [0.05, 0.1) is 10.5 Å². The van der Waals surface area contributed by atoms with Crippen molar-refractivity contribution in [3.05, 3.63) is 33.9 Å². The van der Waals surface area contributed by atoms with Crippen molar-refractivity contribution in [2.24, 2.45) is 5.92 Å². The number of hydrogen-bond donors (Lipinski definition) is 2. The fraction of sp³-hybridized carbons (Fsp3) is 0.462. The number of nitro groups is 1. The van der Waals surface area contributed by atoms with Crippen molar-refractivity contribution < 1.29 is 14.8 Å². The van der Waals surface area contributed by atoms with E-state index < -0.39 is 10.9 Å². The zero-order valence-corrected chi connectivity index (χ0v) is 10.6. The largest absolute Gasteiger partial charge is 0.478 e. The molecule has 0 bridgehead atoms. The molecule has 1 aliphatic carbocycles. The lowest BCUT2D eigenvalue weighted by molar-refractivity contribution is -0.384. The minimum atomic E-state index is -1.16. The number of benzene rings is 1. The van der Waals surface area contributed by atoms with Gasteiger partial charge in [0.15, 0.2) is 0 Å². The van der Waals surface area contributed by atoms with Crippen molar-refractivity contribution >= 4 is 17.3 Å². The minimum absolute atomic E-state index is 0.0712. The molecular weight excluding hydrogens is 248 g/mol. The van der Waals surface area contributed by atoms with Crippen LogP contribution in [0.2, 0.25) is 0 Å². The number of nitrogens with one attached hydrogen (secondary N) is 1. The average Bonchev–Trinajstić information content (AvgIpc) is 3.07. The van der Waals surface area contributed by atoms with Gasteiger partial charge in [-0.2, -0.15) is 0 Å². The third-order valence-electron chi connectivity index (χ3n) is 3.36. The molecule has 0 aliphatic heterocycles. The van der Waals surface area contributed by atoms with Crippen LogP contribution >= 0.6 is 0 Å². The van der Waals surface area contributed by atoms with E-state index in [9.17, 15) is 14.9 Å². The maximum atomic E-state index is 11.0. The van der Waals surface area contributed by atoms with Crippen LogP contribution in [0.15, 0.2) is 18.2 Å². The Labute approximate surface area is 110 Å². The number of nitrogens with zero attached hydrogens (tertiary/aromatic N) is 1. The fourth-order valence-electron chi connectivity index (χ4n) is 2.25. The summed E-state index contributed by atoms with van der Waals surface area (Å²) in [5.74, 6) is -0.589. The summed E-state index contributed by atoms with van der Waals surface area (Å²) in [6, 6.07) is 4.23. The molecule has 1 aliphatic rings. The standard InChI is InChI=1S/C13H16N2O4/c1-2-3-8-6-11(8)14-10-5-4-9(13(16)17)7-12(10)15(18)19/h4-5,7-8,11,14H,2-3,6H2,1H3,(H,16,17). The zero-order valence-electron chi connectivity index (χ0n) is 10.6. The van der Waals surface area contributed by atoms with E-state index in [2.05, 4.69) is 12.2 Å². The van der Waals surface area contributed by atoms with Gasteiger partial charge in [-0.15, -0.1) is 0 Å². The summed E-state index contributed by atoms with van der Waals surface area (Å²) < 4.78 is 0. The number of hydrogen-bond acceptors (Lipinski definition) is 4. The molecule has 2 atom stereocenters. The Morgan fingerprint density at radius 1 is 1.58 bits per heavy atom. The highest BCUT2D eigenvalue weighted by molar-refractivity contribution is 5.89. The predicted octanol–water partition coefficient (Wildman–Crippen LogP) is 2.89. The smallest absolute Gasteiger partial charge is 0.335 e. The number of rotatable bonds is 6. The lowest BCUT2D eigenvalue weighted by Gasteiger charge is -2.07. The van der Waals surface area contributed by atoms with Crippen LogP contribution in [0, 0.1) is 16.0 Å². The van der Waals surface area contributed by atoms with Gasteiger partial charge < -0.3 is 10.4 Å². The van der Waals surface area contributed by atoms with E-state index in [1.165, 1.54) is 12.1 Å². The van der Waals surface area contributed by atoms with E-state index in [1.807, 2.05) is 0 Å². The van der Waals surface area contributed by atoms with E-state index in [-0.39, 0.29) is 17.3 Å². The van der Waals surface area contributed by atoms with Crippen LogP contribution in [0.5, 0.6) is 0 Å². The van der Waals surface area contributed by atoms with Crippen LogP contribution in [0.4, 0.5) is 11.4 Å². The van der Waals surface area contributed by atoms with Crippen LogP contribution in [0.1, 0.15) is 36.5 Å². The van der Waals surface area contributed by atoms with Gasteiger partial charge >= 0.3 is 5.97 Å². The molecule has 0 heterocycles. The lowest BCUT2D eigenvalue weighted by atomic mass is 10.1. The van der Waals surface area contributed by atoms with Gasteiger partial charge in [0.2, 0.25) is 0 Å². The number of aromatic carboxylic acids is 1. The van der Waals surface area contributed by atoms with Crippen molar-refractivity contribution in [2.75, 3.05) is 5.32 Å². The minimum Gasteiger partial charge on any atom is -0.478 e. The Bertz CT molecular complexity index is 515. The first-order chi connectivity index (χ1) is 9.02. The van der Waals surface area contributed by atoms with Crippen molar-refractivity contribution in [3.8, 4) is 0 Å². The van der Waals surface area contributed by atoms with Gasteiger partial charge in [0.25, 0.3) is 5.69 Å². The van der Waals surface area contributed by atoms with Crippen molar-refractivity contribution in [3.63, 3.8) is 0 Å². The molecule has 0 amide bonds.